The van der Waals surface area contributed by atoms with Gasteiger partial charge in [-0.05, 0) is 55.4 Å². The van der Waals surface area contributed by atoms with E-state index in [1.165, 1.54) is 18.4 Å². The van der Waals surface area contributed by atoms with Crippen molar-refractivity contribution < 1.29 is 40.7 Å². The van der Waals surface area contributed by atoms with Crippen LogP contribution in [0.15, 0.2) is 30.3 Å². The molecule has 1 saturated carbocycles. The largest absolute Gasteiger partial charge is 0.453 e. The van der Waals surface area contributed by atoms with Gasteiger partial charge in [0, 0.05) is 42.0 Å². The van der Waals surface area contributed by atoms with E-state index in [1.54, 1.807) is 24.3 Å². The summed E-state index contributed by atoms with van der Waals surface area (Å²) in [6.07, 6.45) is -3.05. The lowest BCUT2D eigenvalue weighted by Crippen LogP contribution is -2.50. The lowest BCUT2D eigenvalue weighted by atomic mass is 10.0. The Balaban J connectivity index is 1.63. The number of amides is 2. The number of halogens is 3. The van der Waals surface area contributed by atoms with E-state index in [1.807, 2.05) is 17.9 Å². The zero-order chi connectivity index (χ0) is 31.2. The molecule has 0 unspecified atom stereocenters. The Kier molecular flexibility index (Phi) is 11.1. The summed E-state index contributed by atoms with van der Waals surface area (Å²) in [4.78, 5) is 28.7. The molecular weight excluding hydrogens is 609 g/mol. The third kappa shape index (κ3) is 9.38. The van der Waals surface area contributed by atoms with E-state index in [9.17, 15) is 31.2 Å². The smallest absolute Gasteiger partial charge is 0.406 e. The molecule has 2 fully saturated rings. The van der Waals surface area contributed by atoms with Crippen LogP contribution in [0, 0.1) is 0 Å². The molecule has 43 heavy (non-hydrogen) atoms. The fourth-order valence-corrected chi connectivity index (χ4v) is 7.26. The van der Waals surface area contributed by atoms with E-state index >= 15 is 0 Å². The van der Waals surface area contributed by atoms with Crippen molar-refractivity contribution in [2.45, 2.75) is 63.5 Å². The monoisotopic (exact) mass is 646 g/mol. The van der Waals surface area contributed by atoms with Gasteiger partial charge in [-0.3, -0.25) is 4.79 Å². The topological polar surface area (TPSA) is 126 Å². The van der Waals surface area contributed by atoms with Crippen molar-refractivity contribution in [2.75, 3.05) is 39.1 Å². The number of carbonyl (C=O) groups excluding carboxylic acids is 2. The first kappa shape index (κ1) is 33.2. The van der Waals surface area contributed by atoms with Crippen LogP contribution in [-0.2, 0) is 37.3 Å². The number of morpholine rings is 1. The van der Waals surface area contributed by atoms with Gasteiger partial charge in [-0.2, -0.15) is 13.2 Å². The fraction of sp³-hybridized carbons (Fsp3) is 0.571. The highest BCUT2D eigenvalue weighted by atomic mass is 32.2. The standard InChI is InChI=1S/C28H37F3N4O6S2/c1-18(35(21-9-10-21)26(36)23-16-32-12-13-41-23)24-14-19(7-5-11-33-27(37)40-2)25(42-24)22-8-4-3-6-20(22)15-34-43(38,39)17-28(29,30)31/h3-4,6,8,14,18,21,23,32,34H,5,7,9-13,15-17H2,1-2H3,(H,33,37)/t18-,23-/m1/s1. The highest BCUT2D eigenvalue weighted by Crippen LogP contribution is 2.42. The van der Waals surface area contributed by atoms with Crippen LogP contribution in [0.3, 0.4) is 0 Å². The number of sulfonamides is 1. The average molecular weight is 647 g/mol. The van der Waals surface area contributed by atoms with Gasteiger partial charge in [-0.1, -0.05) is 24.3 Å². The highest BCUT2D eigenvalue weighted by Gasteiger charge is 2.40. The van der Waals surface area contributed by atoms with Crippen LogP contribution in [0.5, 0.6) is 0 Å². The van der Waals surface area contributed by atoms with Gasteiger partial charge in [0.05, 0.1) is 19.8 Å². The molecule has 1 aliphatic heterocycles. The molecule has 2 aromatic rings. The van der Waals surface area contributed by atoms with Gasteiger partial charge in [0.1, 0.15) is 6.10 Å². The zero-order valence-corrected chi connectivity index (χ0v) is 25.7. The van der Waals surface area contributed by atoms with Gasteiger partial charge in [-0.25, -0.2) is 17.9 Å². The number of hydrogen-bond donors (Lipinski definition) is 3. The molecule has 1 aliphatic carbocycles. The molecule has 238 valence electrons. The maximum absolute atomic E-state index is 13.6. The number of alkyl halides is 3. The number of hydrogen-bond acceptors (Lipinski definition) is 8. The van der Waals surface area contributed by atoms with Gasteiger partial charge < -0.3 is 25.0 Å². The van der Waals surface area contributed by atoms with Crippen LogP contribution in [0.1, 0.15) is 48.2 Å². The van der Waals surface area contributed by atoms with Crippen molar-refractivity contribution in [1.29, 1.82) is 0 Å². The minimum Gasteiger partial charge on any atom is -0.453 e. The maximum Gasteiger partial charge on any atom is 0.406 e. The lowest BCUT2D eigenvalue weighted by molar-refractivity contribution is -0.148. The predicted molar refractivity (Wildman–Crippen MR) is 156 cm³/mol. The summed E-state index contributed by atoms with van der Waals surface area (Å²) in [6, 6.07) is 8.81. The SMILES string of the molecule is COC(=O)NCCCc1cc([C@@H](C)N(C(=O)[C@H]2CNCCO2)C2CC2)sc1-c1ccccc1CNS(=O)(=O)CC(F)(F)F. The number of rotatable bonds is 13. The van der Waals surface area contributed by atoms with Gasteiger partial charge in [0.25, 0.3) is 5.91 Å². The second kappa shape index (κ2) is 14.4. The fourth-order valence-electron chi connectivity index (χ4n) is 5.03. The number of ether oxygens (including phenoxy) is 2. The van der Waals surface area contributed by atoms with Crippen LogP contribution >= 0.6 is 11.3 Å². The van der Waals surface area contributed by atoms with Crippen molar-refractivity contribution in [3.05, 3.63) is 46.3 Å². The Morgan fingerprint density at radius 1 is 1.23 bits per heavy atom. The molecular formula is C28H37F3N4O6S2. The first-order valence-electron chi connectivity index (χ1n) is 14.1. The Morgan fingerprint density at radius 2 is 1.98 bits per heavy atom. The molecule has 2 amide bonds. The van der Waals surface area contributed by atoms with Gasteiger partial charge in [-0.15, -0.1) is 11.3 Å². The zero-order valence-electron chi connectivity index (χ0n) is 24.0. The van der Waals surface area contributed by atoms with Crippen LogP contribution in [0.4, 0.5) is 18.0 Å². The third-order valence-corrected chi connectivity index (χ3v) is 9.90. The molecule has 0 bridgehead atoms. The summed E-state index contributed by atoms with van der Waals surface area (Å²) in [5, 5.41) is 5.86. The number of aryl methyl sites for hydroxylation is 1. The molecule has 2 heterocycles. The van der Waals surface area contributed by atoms with Crippen molar-refractivity contribution >= 4 is 33.4 Å². The lowest BCUT2D eigenvalue weighted by Gasteiger charge is -2.33. The predicted octanol–water partition coefficient (Wildman–Crippen LogP) is 3.73. The second-order valence-electron chi connectivity index (χ2n) is 10.6. The van der Waals surface area contributed by atoms with Crippen LogP contribution < -0.4 is 15.4 Å². The number of benzene rings is 1. The molecule has 0 spiro atoms. The second-order valence-corrected chi connectivity index (χ2v) is 13.5. The molecule has 15 heteroatoms. The minimum atomic E-state index is -4.86. The van der Waals surface area contributed by atoms with E-state index in [0.29, 0.717) is 50.2 Å². The molecule has 1 aromatic heterocycles. The summed E-state index contributed by atoms with van der Waals surface area (Å²) in [7, 11) is -3.32. The number of thiophene rings is 1. The van der Waals surface area contributed by atoms with E-state index < -0.39 is 34.1 Å². The molecule has 1 saturated heterocycles. The minimum absolute atomic E-state index is 0.0690. The Bertz CT molecular complexity index is 1370. The van der Waals surface area contributed by atoms with Crippen molar-refractivity contribution in [1.82, 2.24) is 20.3 Å². The number of nitrogens with one attached hydrogen (secondary N) is 3. The molecule has 0 radical (unpaired) electrons. The molecule has 10 nitrogen and oxygen atoms in total. The molecule has 2 atom stereocenters. The summed E-state index contributed by atoms with van der Waals surface area (Å²) in [6.45, 7) is 3.60. The van der Waals surface area contributed by atoms with E-state index in [4.69, 9.17) is 4.74 Å². The van der Waals surface area contributed by atoms with Gasteiger partial charge in [0.15, 0.2) is 5.75 Å². The summed E-state index contributed by atoms with van der Waals surface area (Å²) >= 11 is 1.47. The van der Waals surface area contributed by atoms with Gasteiger partial charge >= 0.3 is 12.3 Å². The van der Waals surface area contributed by atoms with Crippen molar-refractivity contribution in [3.63, 3.8) is 0 Å². The number of carbonyl (C=O) groups is 2. The number of methoxy groups -OCH3 is 1. The number of alkyl carbamates (subject to hydrolysis) is 1. The highest BCUT2D eigenvalue weighted by molar-refractivity contribution is 7.89. The molecule has 4 rings (SSSR count). The molecule has 1 aromatic carbocycles. The number of nitrogens with zero attached hydrogens (tertiary/aromatic N) is 1. The van der Waals surface area contributed by atoms with E-state index in [0.717, 1.165) is 28.2 Å². The average Bonchev–Trinajstić information content (AvgIpc) is 3.71. The van der Waals surface area contributed by atoms with E-state index in [-0.39, 0.29) is 24.5 Å². The maximum atomic E-state index is 13.6. The summed E-state index contributed by atoms with van der Waals surface area (Å²) in [5.74, 6) is -2.03. The Morgan fingerprint density at radius 3 is 2.63 bits per heavy atom. The summed E-state index contributed by atoms with van der Waals surface area (Å²) < 4.78 is 75.0. The van der Waals surface area contributed by atoms with Crippen LogP contribution in [0.2, 0.25) is 0 Å². The first-order chi connectivity index (χ1) is 20.4. The quantitative estimate of drug-likeness (QED) is 0.283. The normalized spacial score (nSPS) is 18.2. The Labute approximate surface area is 253 Å². The van der Waals surface area contributed by atoms with E-state index in [2.05, 4.69) is 20.1 Å². The summed E-state index contributed by atoms with van der Waals surface area (Å²) in [5.41, 5.74) is 2.11. The molecule has 3 N–H and O–H groups in total. The van der Waals surface area contributed by atoms with Crippen LogP contribution in [-0.4, -0.2) is 82.7 Å². The first-order valence-corrected chi connectivity index (χ1v) is 16.6. The van der Waals surface area contributed by atoms with Crippen molar-refractivity contribution in [2.24, 2.45) is 0 Å². The van der Waals surface area contributed by atoms with Gasteiger partial charge in [0.2, 0.25) is 10.0 Å². The molecule has 2 aliphatic rings. The van der Waals surface area contributed by atoms with Crippen molar-refractivity contribution in [3.8, 4) is 10.4 Å². The Hall–Kier alpha value is -2.72. The third-order valence-electron chi connectivity index (χ3n) is 7.23. The van der Waals surface area contributed by atoms with Crippen LogP contribution in [0.25, 0.3) is 10.4 Å².